The van der Waals surface area contributed by atoms with Crippen LogP contribution in [-0.4, -0.2) is 29.9 Å². The van der Waals surface area contributed by atoms with Crippen molar-refractivity contribution in [2.45, 2.75) is 19.4 Å². The number of nitrogens with one attached hydrogen (secondary N) is 2. The predicted molar refractivity (Wildman–Crippen MR) is 112 cm³/mol. The van der Waals surface area contributed by atoms with Gasteiger partial charge in [0.2, 0.25) is 5.91 Å². The topological polar surface area (TPSA) is 84.2 Å². The first kappa shape index (κ1) is 22.0. The number of carbonyl (C=O) groups is 2. The molecular formula is C19H24ClN3O2S. The number of hydrogen-bond donors (Lipinski definition) is 3. The lowest BCUT2D eigenvalue weighted by atomic mass is 10.1. The monoisotopic (exact) mass is 393 g/mol. The lowest BCUT2D eigenvalue weighted by molar-refractivity contribution is -0.117. The molecule has 0 unspecified atom stereocenters. The highest BCUT2D eigenvalue weighted by atomic mass is 35.5. The van der Waals surface area contributed by atoms with E-state index in [0.29, 0.717) is 23.4 Å². The minimum absolute atomic E-state index is 0. The summed E-state index contributed by atoms with van der Waals surface area (Å²) in [5.41, 5.74) is 8.57. The summed E-state index contributed by atoms with van der Waals surface area (Å²) in [6.07, 6.45) is 2.60. The maximum atomic E-state index is 12.3. The van der Waals surface area contributed by atoms with Gasteiger partial charge in [-0.3, -0.25) is 9.59 Å². The Balaban J connectivity index is 0.00000338. The third kappa shape index (κ3) is 6.05. The molecule has 4 N–H and O–H groups in total. The van der Waals surface area contributed by atoms with Gasteiger partial charge in [-0.2, -0.15) is 11.8 Å². The van der Waals surface area contributed by atoms with Crippen molar-refractivity contribution in [3.8, 4) is 0 Å². The van der Waals surface area contributed by atoms with Gasteiger partial charge in [-0.25, -0.2) is 0 Å². The van der Waals surface area contributed by atoms with Crippen LogP contribution in [0.5, 0.6) is 0 Å². The van der Waals surface area contributed by atoms with E-state index in [-0.39, 0.29) is 24.2 Å². The molecule has 0 radical (unpaired) electrons. The molecule has 26 heavy (non-hydrogen) atoms. The molecule has 5 nitrogen and oxygen atoms in total. The quantitative estimate of drug-likeness (QED) is 0.669. The Hall–Kier alpha value is -2.02. The van der Waals surface area contributed by atoms with E-state index >= 15 is 0 Å². The molecule has 0 spiro atoms. The van der Waals surface area contributed by atoms with Crippen LogP contribution in [0, 0.1) is 6.92 Å². The summed E-state index contributed by atoms with van der Waals surface area (Å²) in [6.45, 7) is 1.85. The first-order valence-corrected chi connectivity index (χ1v) is 9.43. The van der Waals surface area contributed by atoms with Crippen LogP contribution in [0.25, 0.3) is 0 Å². The molecular weight excluding hydrogens is 370 g/mol. The lowest BCUT2D eigenvalue weighted by Gasteiger charge is -2.16. The van der Waals surface area contributed by atoms with Gasteiger partial charge in [0, 0.05) is 16.9 Å². The normalized spacial score (nSPS) is 11.2. The number of rotatable bonds is 7. The molecule has 2 aromatic carbocycles. The van der Waals surface area contributed by atoms with Crippen LogP contribution >= 0.6 is 24.2 Å². The second-order valence-electron chi connectivity index (χ2n) is 5.68. The minimum atomic E-state index is -0.547. The van der Waals surface area contributed by atoms with E-state index in [1.54, 1.807) is 42.1 Å². The van der Waals surface area contributed by atoms with Gasteiger partial charge in [-0.05, 0) is 55.2 Å². The van der Waals surface area contributed by atoms with Gasteiger partial charge in [0.05, 0.1) is 6.04 Å². The van der Waals surface area contributed by atoms with Gasteiger partial charge in [-0.15, -0.1) is 12.4 Å². The van der Waals surface area contributed by atoms with E-state index in [9.17, 15) is 9.59 Å². The van der Waals surface area contributed by atoms with Crippen molar-refractivity contribution in [2.75, 3.05) is 22.6 Å². The number of thioether (sulfide) groups is 1. The SMILES string of the molecule is CSCC[C@H](N)C(=O)Nc1cccc(NC(=O)c2ccccc2)c1C.Cl. The van der Waals surface area contributed by atoms with Gasteiger partial charge in [0.25, 0.3) is 5.91 Å². The highest BCUT2D eigenvalue weighted by Gasteiger charge is 2.15. The molecule has 0 fully saturated rings. The third-order valence-electron chi connectivity index (χ3n) is 3.85. The Kier molecular flexibility index (Phi) is 9.19. The maximum absolute atomic E-state index is 12.3. The van der Waals surface area contributed by atoms with Crippen LogP contribution in [0.15, 0.2) is 48.5 Å². The molecule has 0 aliphatic carbocycles. The van der Waals surface area contributed by atoms with Crippen molar-refractivity contribution in [1.29, 1.82) is 0 Å². The van der Waals surface area contributed by atoms with Crippen molar-refractivity contribution in [3.05, 3.63) is 59.7 Å². The predicted octanol–water partition coefficient (Wildman–Crippen LogP) is 3.69. The molecule has 2 aromatic rings. The lowest BCUT2D eigenvalue weighted by Crippen LogP contribution is -2.36. The summed E-state index contributed by atoms with van der Waals surface area (Å²) >= 11 is 1.66. The van der Waals surface area contributed by atoms with Gasteiger partial charge in [-0.1, -0.05) is 24.3 Å². The van der Waals surface area contributed by atoms with Crippen molar-refractivity contribution in [3.63, 3.8) is 0 Å². The van der Waals surface area contributed by atoms with E-state index in [4.69, 9.17) is 5.73 Å². The number of benzene rings is 2. The summed E-state index contributed by atoms with van der Waals surface area (Å²) in [6, 6.07) is 13.8. The molecule has 140 valence electrons. The minimum Gasteiger partial charge on any atom is -0.324 e. The van der Waals surface area contributed by atoms with Gasteiger partial charge < -0.3 is 16.4 Å². The van der Waals surface area contributed by atoms with Crippen molar-refractivity contribution in [2.24, 2.45) is 5.73 Å². The second kappa shape index (κ2) is 10.9. The largest absolute Gasteiger partial charge is 0.324 e. The number of amides is 2. The fraction of sp³-hybridized carbons (Fsp3) is 0.263. The van der Waals surface area contributed by atoms with Crippen LogP contribution in [0.1, 0.15) is 22.3 Å². The van der Waals surface area contributed by atoms with Crippen LogP contribution in [0.3, 0.4) is 0 Å². The summed E-state index contributed by atoms with van der Waals surface area (Å²) in [5, 5.41) is 5.73. The van der Waals surface area contributed by atoms with Crippen molar-refractivity contribution >= 4 is 47.4 Å². The zero-order valence-electron chi connectivity index (χ0n) is 14.8. The Labute approximate surface area is 164 Å². The summed E-state index contributed by atoms with van der Waals surface area (Å²) in [4.78, 5) is 24.5. The van der Waals surface area contributed by atoms with Gasteiger partial charge >= 0.3 is 0 Å². The smallest absolute Gasteiger partial charge is 0.255 e. The zero-order valence-corrected chi connectivity index (χ0v) is 16.5. The molecule has 0 saturated heterocycles. The standard InChI is InChI=1S/C19H23N3O2S.ClH/c1-13-16(21-18(23)14-7-4-3-5-8-14)9-6-10-17(13)22-19(24)15(20)11-12-25-2;/h3-10,15H,11-12,20H2,1-2H3,(H,21,23)(H,22,24);1H/t15-;/m0./s1. The number of halogens is 1. The van der Waals surface area contributed by atoms with E-state index in [1.807, 2.05) is 31.4 Å². The number of anilines is 2. The Morgan fingerprint density at radius 3 is 2.27 bits per heavy atom. The van der Waals surface area contributed by atoms with E-state index in [0.717, 1.165) is 11.3 Å². The summed E-state index contributed by atoms with van der Waals surface area (Å²) < 4.78 is 0. The van der Waals surface area contributed by atoms with Gasteiger partial charge in [0.1, 0.15) is 0 Å². The van der Waals surface area contributed by atoms with Crippen LogP contribution in [0.2, 0.25) is 0 Å². The summed E-state index contributed by atoms with van der Waals surface area (Å²) in [5.74, 6) is 0.424. The number of nitrogens with two attached hydrogens (primary N) is 1. The fourth-order valence-corrected chi connectivity index (χ4v) is 2.78. The van der Waals surface area contributed by atoms with Crippen LogP contribution < -0.4 is 16.4 Å². The van der Waals surface area contributed by atoms with Crippen molar-refractivity contribution in [1.82, 2.24) is 0 Å². The molecule has 0 aliphatic rings. The molecule has 0 heterocycles. The maximum Gasteiger partial charge on any atom is 0.255 e. The molecule has 0 aromatic heterocycles. The van der Waals surface area contributed by atoms with Gasteiger partial charge in [0.15, 0.2) is 0 Å². The molecule has 2 amide bonds. The average molecular weight is 394 g/mol. The molecule has 1 atom stereocenters. The molecule has 0 aliphatic heterocycles. The zero-order chi connectivity index (χ0) is 18.2. The summed E-state index contributed by atoms with van der Waals surface area (Å²) in [7, 11) is 0. The second-order valence-corrected chi connectivity index (χ2v) is 6.66. The molecule has 7 heteroatoms. The molecule has 0 bridgehead atoms. The van der Waals surface area contributed by atoms with E-state index in [2.05, 4.69) is 10.6 Å². The van der Waals surface area contributed by atoms with Crippen molar-refractivity contribution < 1.29 is 9.59 Å². The van der Waals surface area contributed by atoms with E-state index in [1.165, 1.54) is 0 Å². The third-order valence-corrected chi connectivity index (χ3v) is 4.49. The Morgan fingerprint density at radius 2 is 1.65 bits per heavy atom. The fourth-order valence-electron chi connectivity index (χ4n) is 2.29. The van der Waals surface area contributed by atoms with Crippen LogP contribution in [0.4, 0.5) is 11.4 Å². The molecule has 0 saturated carbocycles. The average Bonchev–Trinajstić information content (AvgIpc) is 2.63. The Morgan fingerprint density at radius 1 is 1.04 bits per heavy atom. The molecule has 2 rings (SSSR count). The van der Waals surface area contributed by atoms with Crippen LogP contribution in [-0.2, 0) is 4.79 Å². The highest BCUT2D eigenvalue weighted by Crippen LogP contribution is 2.24. The first-order chi connectivity index (χ1) is 12.0. The number of hydrogen-bond acceptors (Lipinski definition) is 4. The highest BCUT2D eigenvalue weighted by molar-refractivity contribution is 7.98. The van der Waals surface area contributed by atoms with E-state index < -0.39 is 6.04 Å². The first-order valence-electron chi connectivity index (χ1n) is 8.04. The number of carbonyl (C=O) groups excluding carboxylic acids is 2. The Bertz CT molecular complexity index is 741.